The predicted octanol–water partition coefficient (Wildman–Crippen LogP) is 1.14. The van der Waals surface area contributed by atoms with Gasteiger partial charge in [-0.25, -0.2) is 0 Å². The number of nitrogens with zero attached hydrogens (tertiary/aromatic N) is 1. The van der Waals surface area contributed by atoms with E-state index in [9.17, 15) is 4.79 Å². The summed E-state index contributed by atoms with van der Waals surface area (Å²) in [6.45, 7) is 2.90. The number of hydrogen-bond donors (Lipinski definition) is 1. The van der Waals surface area contributed by atoms with Gasteiger partial charge in [0.15, 0.2) is 0 Å². The largest absolute Gasteiger partial charge is 0.338 e. The molecule has 2 atom stereocenters. The monoisotopic (exact) mass is 220 g/mol. The molecule has 1 aliphatic heterocycles. The van der Waals surface area contributed by atoms with E-state index in [0.717, 1.165) is 19.4 Å². The SMILES string of the molecule is C#CCC(C)N1CCCC(NC2CC2)C1=O. The number of amides is 1. The van der Waals surface area contributed by atoms with Crippen molar-refractivity contribution in [2.75, 3.05) is 6.54 Å². The zero-order valence-electron chi connectivity index (χ0n) is 9.91. The third kappa shape index (κ3) is 2.56. The molecule has 1 N–H and O–H groups in total. The van der Waals surface area contributed by atoms with E-state index in [1.54, 1.807) is 0 Å². The molecule has 2 rings (SSSR count). The van der Waals surface area contributed by atoms with E-state index < -0.39 is 0 Å². The Balaban J connectivity index is 1.92. The summed E-state index contributed by atoms with van der Waals surface area (Å²) >= 11 is 0. The van der Waals surface area contributed by atoms with Gasteiger partial charge in [0.2, 0.25) is 5.91 Å². The molecule has 1 saturated heterocycles. The lowest BCUT2D eigenvalue weighted by molar-refractivity contribution is -0.138. The van der Waals surface area contributed by atoms with Crippen LogP contribution < -0.4 is 5.32 Å². The molecule has 0 aromatic carbocycles. The number of carbonyl (C=O) groups excluding carboxylic acids is 1. The average Bonchev–Trinajstić information content (AvgIpc) is 3.05. The molecule has 1 amide bonds. The van der Waals surface area contributed by atoms with Gasteiger partial charge in [-0.2, -0.15) is 0 Å². The van der Waals surface area contributed by atoms with Crippen molar-refractivity contribution in [3.05, 3.63) is 0 Å². The number of hydrogen-bond acceptors (Lipinski definition) is 2. The van der Waals surface area contributed by atoms with Crippen LogP contribution >= 0.6 is 0 Å². The lowest BCUT2D eigenvalue weighted by Crippen LogP contribution is -2.53. The van der Waals surface area contributed by atoms with Gasteiger partial charge in [0.1, 0.15) is 0 Å². The summed E-state index contributed by atoms with van der Waals surface area (Å²) in [7, 11) is 0. The maximum Gasteiger partial charge on any atom is 0.239 e. The minimum absolute atomic E-state index is 0.0430. The highest BCUT2D eigenvalue weighted by atomic mass is 16.2. The van der Waals surface area contributed by atoms with Gasteiger partial charge in [0.05, 0.1) is 6.04 Å². The summed E-state index contributed by atoms with van der Waals surface area (Å²) in [5, 5.41) is 3.43. The molecule has 1 saturated carbocycles. The quantitative estimate of drug-likeness (QED) is 0.721. The standard InChI is InChI=1S/C13H20N2O/c1-3-5-10(2)15-9-4-6-12(13(15)16)14-11-7-8-11/h1,10-12,14H,4-9H2,2H3. The van der Waals surface area contributed by atoms with Gasteiger partial charge in [0, 0.05) is 25.0 Å². The first-order chi connectivity index (χ1) is 7.72. The minimum Gasteiger partial charge on any atom is -0.338 e. The van der Waals surface area contributed by atoms with Crippen molar-refractivity contribution in [1.29, 1.82) is 0 Å². The first-order valence-electron chi connectivity index (χ1n) is 6.22. The molecule has 2 unspecified atom stereocenters. The molecule has 0 radical (unpaired) electrons. The molecule has 0 spiro atoms. The molecule has 3 nitrogen and oxygen atoms in total. The second kappa shape index (κ2) is 4.88. The van der Waals surface area contributed by atoms with Crippen LogP contribution in [0.2, 0.25) is 0 Å². The highest BCUT2D eigenvalue weighted by Gasteiger charge is 2.34. The van der Waals surface area contributed by atoms with Crippen LogP contribution in [0.3, 0.4) is 0 Å². The molecule has 0 aromatic heterocycles. The van der Waals surface area contributed by atoms with E-state index in [1.165, 1.54) is 12.8 Å². The fraction of sp³-hybridized carbons (Fsp3) is 0.769. The summed E-state index contributed by atoms with van der Waals surface area (Å²) in [6, 6.07) is 0.819. The molecular formula is C13H20N2O. The van der Waals surface area contributed by atoms with Crippen molar-refractivity contribution in [3.8, 4) is 12.3 Å². The van der Waals surface area contributed by atoms with E-state index in [0.29, 0.717) is 12.5 Å². The normalized spacial score (nSPS) is 27.6. The lowest BCUT2D eigenvalue weighted by atomic mass is 10.0. The van der Waals surface area contributed by atoms with Crippen LogP contribution in [0.15, 0.2) is 0 Å². The third-order valence-electron chi connectivity index (χ3n) is 3.43. The molecule has 88 valence electrons. The Labute approximate surface area is 97.6 Å². The fourth-order valence-electron chi connectivity index (χ4n) is 2.31. The van der Waals surface area contributed by atoms with E-state index in [-0.39, 0.29) is 18.0 Å². The summed E-state index contributed by atoms with van der Waals surface area (Å²) in [4.78, 5) is 14.1. The third-order valence-corrected chi connectivity index (χ3v) is 3.43. The molecular weight excluding hydrogens is 200 g/mol. The van der Waals surface area contributed by atoms with Crippen LogP contribution in [0.1, 0.15) is 39.0 Å². The Kier molecular flexibility index (Phi) is 3.50. The van der Waals surface area contributed by atoms with Gasteiger partial charge in [-0.15, -0.1) is 12.3 Å². The van der Waals surface area contributed by atoms with E-state index in [1.807, 2.05) is 11.8 Å². The van der Waals surface area contributed by atoms with E-state index in [2.05, 4.69) is 11.2 Å². The summed E-state index contributed by atoms with van der Waals surface area (Å²) < 4.78 is 0. The van der Waals surface area contributed by atoms with E-state index in [4.69, 9.17) is 6.42 Å². The summed E-state index contributed by atoms with van der Waals surface area (Å²) in [5.74, 6) is 2.89. The van der Waals surface area contributed by atoms with Gasteiger partial charge in [0.25, 0.3) is 0 Å². The van der Waals surface area contributed by atoms with Crippen molar-refractivity contribution in [3.63, 3.8) is 0 Å². The zero-order chi connectivity index (χ0) is 11.5. The van der Waals surface area contributed by atoms with E-state index >= 15 is 0 Å². The molecule has 16 heavy (non-hydrogen) atoms. The molecule has 0 aromatic rings. The Hall–Kier alpha value is -1.01. The molecule has 1 heterocycles. The van der Waals surface area contributed by atoms with Gasteiger partial charge in [-0.05, 0) is 32.6 Å². The van der Waals surface area contributed by atoms with Crippen LogP contribution in [0.25, 0.3) is 0 Å². The topological polar surface area (TPSA) is 32.3 Å². The Morgan fingerprint density at radius 3 is 2.94 bits per heavy atom. The molecule has 3 heteroatoms. The highest BCUT2D eigenvalue weighted by Crippen LogP contribution is 2.23. The zero-order valence-corrected chi connectivity index (χ0v) is 9.91. The van der Waals surface area contributed by atoms with Crippen molar-refractivity contribution >= 4 is 5.91 Å². The van der Waals surface area contributed by atoms with Crippen molar-refractivity contribution in [2.24, 2.45) is 0 Å². The first kappa shape index (κ1) is 11.5. The maximum absolute atomic E-state index is 12.2. The smallest absolute Gasteiger partial charge is 0.239 e. The van der Waals surface area contributed by atoms with Crippen LogP contribution in [0.5, 0.6) is 0 Å². The number of terminal acetylenes is 1. The number of rotatable bonds is 4. The molecule has 1 aliphatic carbocycles. The fourth-order valence-corrected chi connectivity index (χ4v) is 2.31. The second-order valence-corrected chi connectivity index (χ2v) is 4.92. The molecule has 2 aliphatic rings. The van der Waals surface area contributed by atoms with Crippen LogP contribution in [-0.4, -0.2) is 35.5 Å². The Morgan fingerprint density at radius 2 is 2.31 bits per heavy atom. The number of carbonyl (C=O) groups is 1. The first-order valence-corrected chi connectivity index (χ1v) is 6.22. The average molecular weight is 220 g/mol. The number of piperidine rings is 1. The summed E-state index contributed by atoms with van der Waals surface area (Å²) in [5.41, 5.74) is 0. The predicted molar refractivity (Wildman–Crippen MR) is 63.8 cm³/mol. The van der Waals surface area contributed by atoms with Gasteiger partial charge < -0.3 is 10.2 Å². The summed E-state index contributed by atoms with van der Waals surface area (Å²) in [6.07, 6.45) is 10.5. The van der Waals surface area contributed by atoms with Crippen LogP contribution in [0, 0.1) is 12.3 Å². The van der Waals surface area contributed by atoms with Crippen LogP contribution in [-0.2, 0) is 4.79 Å². The van der Waals surface area contributed by atoms with Crippen LogP contribution in [0.4, 0.5) is 0 Å². The highest BCUT2D eigenvalue weighted by molar-refractivity contribution is 5.83. The molecule has 0 bridgehead atoms. The van der Waals surface area contributed by atoms with Gasteiger partial charge in [-0.3, -0.25) is 4.79 Å². The van der Waals surface area contributed by atoms with Crippen molar-refractivity contribution < 1.29 is 4.79 Å². The number of nitrogens with one attached hydrogen (secondary N) is 1. The minimum atomic E-state index is 0.0430. The molecule has 2 fully saturated rings. The van der Waals surface area contributed by atoms with Gasteiger partial charge in [-0.1, -0.05) is 0 Å². The Bertz CT molecular complexity index is 304. The van der Waals surface area contributed by atoms with Crippen molar-refractivity contribution in [2.45, 2.75) is 57.2 Å². The maximum atomic E-state index is 12.2. The van der Waals surface area contributed by atoms with Crippen molar-refractivity contribution in [1.82, 2.24) is 10.2 Å². The Morgan fingerprint density at radius 1 is 1.56 bits per heavy atom. The second-order valence-electron chi connectivity index (χ2n) is 4.92. The number of likely N-dealkylation sites (tertiary alicyclic amines) is 1. The lowest BCUT2D eigenvalue weighted by Gasteiger charge is -2.36. The van der Waals surface area contributed by atoms with Gasteiger partial charge >= 0.3 is 0 Å².